The van der Waals surface area contributed by atoms with Gasteiger partial charge in [0.25, 0.3) is 0 Å². The maximum Gasteiger partial charge on any atom is 0.407 e. The van der Waals surface area contributed by atoms with E-state index in [2.05, 4.69) is 54.5 Å². The zero-order chi connectivity index (χ0) is 20.6. The quantitative estimate of drug-likeness (QED) is 0.429. The van der Waals surface area contributed by atoms with E-state index in [4.69, 9.17) is 4.74 Å². The summed E-state index contributed by atoms with van der Waals surface area (Å²) in [6, 6.07) is 15.6. The second kappa shape index (κ2) is 10.3. The Hall–Kier alpha value is -2.47. The van der Waals surface area contributed by atoms with Crippen molar-refractivity contribution in [1.29, 1.82) is 0 Å². The Balaban J connectivity index is 1.57. The third-order valence-electron chi connectivity index (χ3n) is 5.21. The molecule has 0 heterocycles. The van der Waals surface area contributed by atoms with Gasteiger partial charge in [-0.05, 0) is 28.7 Å². The van der Waals surface area contributed by atoms with Crippen LogP contribution in [0.25, 0.3) is 11.1 Å². The maximum absolute atomic E-state index is 12.3. The lowest BCUT2D eigenvalue weighted by Gasteiger charge is -2.18. The third-order valence-corrected chi connectivity index (χ3v) is 5.58. The molecule has 3 rings (SSSR count). The molecule has 2 aromatic carbocycles. The molecule has 0 fully saturated rings. The van der Waals surface area contributed by atoms with Crippen LogP contribution in [0.2, 0.25) is 0 Å². The Morgan fingerprint density at radius 3 is 2.24 bits per heavy atom. The van der Waals surface area contributed by atoms with E-state index >= 15 is 0 Å². The summed E-state index contributed by atoms with van der Waals surface area (Å²) in [6.07, 6.45) is 2.47. The first-order valence-corrected chi connectivity index (χ1v) is 10.8. The van der Waals surface area contributed by atoms with E-state index in [1.807, 2.05) is 24.3 Å². The van der Waals surface area contributed by atoms with Gasteiger partial charge in [0, 0.05) is 18.2 Å². The van der Waals surface area contributed by atoms with Crippen LogP contribution >= 0.6 is 12.6 Å². The van der Waals surface area contributed by atoms with Crippen molar-refractivity contribution < 1.29 is 14.3 Å². The van der Waals surface area contributed by atoms with E-state index in [9.17, 15) is 9.59 Å². The Morgan fingerprint density at radius 2 is 1.66 bits per heavy atom. The van der Waals surface area contributed by atoms with Crippen molar-refractivity contribution >= 4 is 24.6 Å². The van der Waals surface area contributed by atoms with Gasteiger partial charge < -0.3 is 15.4 Å². The van der Waals surface area contributed by atoms with Crippen molar-refractivity contribution in [1.82, 2.24) is 10.6 Å². The highest BCUT2D eigenvalue weighted by Crippen LogP contribution is 2.44. The van der Waals surface area contributed by atoms with E-state index in [0.29, 0.717) is 6.54 Å². The number of ether oxygens (including phenoxy) is 1. The van der Waals surface area contributed by atoms with E-state index < -0.39 is 12.1 Å². The smallest absolute Gasteiger partial charge is 0.407 e. The van der Waals surface area contributed by atoms with Gasteiger partial charge in [-0.2, -0.15) is 12.6 Å². The first-order valence-electron chi connectivity index (χ1n) is 10.2. The molecule has 2 N–H and O–H groups in total. The van der Waals surface area contributed by atoms with Gasteiger partial charge in [-0.3, -0.25) is 4.79 Å². The molecule has 6 heteroatoms. The molecule has 0 aromatic heterocycles. The molecule has 0 aliphatic heterocycles. The number of carbonyl (C=O) groups excluding carboxylic acids is 2. The van der Waals surface area contributed by atoms with Crippen LogP contribution in [-0.2, 0) is 9.53 Å². The van der Waals surface area contributed by atoms with E-state index in [0.717, 1.165) is 30.4 Å². The predicted molar refractivity (Wildman–Crippen MR) is 118 cm³/mol. The molecular weight excluding hydrogens is 384 g/mol. The highest BCUT2D eigenvalue weighted by atomic mass is 32.1. The number of carbonyl (C=O) groups is 2. The van der Waals surface area contributed by atoms with E-state index in [1.165, 1.54) is 11.1 Å². The van der Waals surface area contributed by atoms with Crippen LogP contribution in [0, 0.1) is 0 Å². The van der Waals surface area contributed by atoms with E-state index in [1.54, 1.807) is 0 Å². The topological polar surface area (TPSA) is 67.4 Å². The van der Waals surface area contributed by atoms with Crippen LogP contribution in [0.1, 0.15) is 43.2 Å². The maximum atomic E-state index is 12.3. The summed E-state index contributed by atoms with van der Waals surface area (Å²) in [5.74, 6) is -0.0286. The van der Waals surface area contributed by atoms with Gasteiger partial charge in [-0.1, -0.05) is 68.3 Å². The number of alkyl carbamates (subject to hydrolysis) is 1. The number of hydrogen-bond donors (Lipinski definition) is 3. The molecule has 29 heavy (non-hydrogen) atoms. The monoisotopic (exact) mass is 412 g/mol. The number of fused-ring (bicyclic) bond motifs is 3. The van der Waals surface area contributed by atoms with Crippen molar-refractivity contribution in [2.75, 3.05) is 18.9 Å². The van der Waals surface area contributed by atoms with Gasteiger partial charge >= 0.3 is 6.09 Å². The molecule has 0 spiro atoms. The number of thiol groups is 1. The first kappa shape index (κ1) is 21.2. The molecule has 154 valence electrons. The number of amides is 2. The van der Waals surface area contributed by atoms with Crippen molar-refractivity contribution in [3.63, 3.8) is 0 Å². The van der Waals surface area contributed by atoms with Crippen LogP contribution in [0.3, 0.4) is 0 Å². The number of rotatable bonds is 9. The third kappa shape index (κ3) is 5.12. The average Bonchev–Trinajstić information content (AvgIpc) is 3.07. The largest absolute Gasteiger partial charge is 0.449 e. The fourth-order valence-electron chi connectivity index (χ4n) is 3.69. The number of nitrogens with one attached hydrogen (secondary N) is 2. The number of unbranched alkanes of at least 4 members (excludes halogenated alkanes) is 2. The molecule has 2 amide bonds. The summed E-state index contributed by atoms with van der Waals surface area (Å²) in [5, 5.41) is 5.47. The zero-order valence-electron chi connectivity index (χ0n) is 16.7. The summed E-state index contributed by atoms with van der Waals surface area (Å²) >= 11 is 4.19. The molecule has 0 bridgehead atoms. The van der Waals surface area contributed by atoms with E-state index in [-0.39, 0.29) is 24.2 Å². The lowest BCUT2D eigenvalue weighted by Crippen LogP contribution is -2.48. The van der Waals surface area contributed by atoms with Gasteiger partial charge in [0.05, 0.1) is 0 Å². The van der Waals surface area contributed by atoms with Gasteiger partial charge in [0.15, 0.2) is 0 Å². The second-order valence-electron chi connectivity index (χ2n) is 7.20. The first-order chi connectivity index (χ1) is 14.2. The normalized spacial score (nSPS) is 13.3. The summed E-state index contributed by atoms with van der Waals surface area (Å²) in [6.45, 7) is 2.93. The molecule has 0 saturated heterocycles. The fraction of sp³-hybridized carbons (Fsp3) is 0.391. The molecule has 0 radical (unpaired) electrons. The minimum absolute atomic E-state index is 0.00882. The van der Waals surface area contributed by atoms with Crippen LogP contribution in [0.15, 0.2) is 48.5 Å². The molecule has 0 unspecified atom stereocenters. The van der Waals surface area contributed by atoms with Crippen molar-refractivity contribution in [2.24, 2.45) is 0 Å². The zero-order valence-corrected chi connectivity index (χ0v) is 17.6. The lowest BCUT2D eigenvalue weighted by atomic mass is 9.98. The summed E-state index contributed by atoms with van der Waals surface area (Å²) in [5.41, 5.74) is 4.66. The van der Waals surface area contributed by atoms with Crippen LogP contribution in [0.4, 0.5) is 4.79 Å². The predicted octanol–water partition coefficient (Wildman–Crippen LogP) is 4.13. The Bertz CT molecular complexity index is 810. The minimum Gasteiger partial charge on any atom is -0.449 e. The van der Waals surface area contributed by atoms with Gasteiger partial charge in [0.2, 0.25) is 5.91 Å². The second-order valence-corrected chi connectivity index (χ2v) is 7.57. The number of benzene rings is 2. The standard InChI is InChI=1S/C23H28N2O3S/c1-2-3-8-13-24-22(26)21(15-29)25-23(27)28-14-20-18-11-6-4-9-16(18)17-10-5-7-12-19(17)20/h4-7,9-12,20-21,29H,2-3,8,13-15H2,1H3,(H,24,26)(H,25,27)/t21-/m0/s1. The summed E-state index contributed by atoms with van der Waals surface area (Å²) < 4.78 is 5.50. The molecule has 1 aliphatic carbocycles. The van der Waals surface area contributed by atoms with Gasteiger partial charge in [-0.15, -0.1) is 0 Å². The summed E-state index contributed by atoms with van der Waals surface area (Å²) in [7, 11) is 0. The minimum atomic E-state index is -0.712. The summed E-state index contributed by atoms with van der Waals surface area (Å²) in [4.78, 5) is 24.6. The highest BCUT2D eigenvalue weighted by Gasteiger charge is 2.29. The Kier molecular flexibility index (Phi) is 7.58. The molecule has 0 saturated carbocycles. The molecule has 2 aromatic rings. The fourth-order valence-corrected chi connectivity index (χ4v) is 3.94. The van der Waals surface area contributed by atoms with Crippen molar-refractivity contribution in [2.45, 2.75) is 38.1 Å². The van der Waals surface area contributed by atoms with Crippen molar-refractivity contribution in [3.05, 3.63) is 59.7 Å². The SMILES string of the molecule is CCCCCNC(=O)[C@H](CS)NC(=O)OCC1c2ccccc2-c2ccccc21. The lowest BCUT2D eigenvalue weighted by molar-refractivity contribution is -0.122. The Labute approximate surface area is 177 Å². The van der Waals surface area contributed by atoms with Crippen LogP contribution < -0.4 is 10.6 Å². The molecule has 1 aliphatic rings. The number of hydrogen-bond acceptors (Lipinski definition) is 4. The molecule has 5 nitrogen and oxygen atoms in total. The van der Waals surface area contributed by atoms with Crippen LogP contribution in [-0.4, -0.2) is 36.9 Å². The molecule has 1 atom stereocenters. The average molecular weight is 413 g/mol. The highest BCUT2D eigenvalue weighted by molar-refractivity contribution is 7.80. The Morgan fingerprint density at radius 1 is 1.03 bits per heavy atom. The van der Waals surface area contributed by atoms with Crippen LogP contribution in [0.5, 0.6) is 0 Å². The molecular formula is C23H28N2O3S. The van der Waals surface area contributed by atoms with Crippen molar-refractivity contribution in [3.8, 4) is 11.1 Å². The van der Waals surface area contributed by atoms with Gasteiger partial charge in [-0.25, -0.2) is 4.79 Å². The van der Waals surface area contributed by atoms with Gasteiger partial charge in [0.1, 0.15) is 12.6 Å².